The number of para-hydroxylation sites is 1. The summed E-state index contributed by atoms with van der Waals surface area (Å²) in [5, 5.41) is 11.9. The molecule has 0 unspecified atom stereocenters. The molecule has 0 aliphatic heterocycles. The van der Waals surface area contributed by atoms with Crippen molar-refractivity contribution in [2.24, 2.45) is 0 Å². The van der Waals surface area contributed by atoms with Crippen LogP contribution in [0.25, 0.3) is 28.0 Å². The molecule has 12 heteroatoms. The zero-order valence-corrected chi connectivity index (χ0v) is 23.3. The van der Waals surface area contributed by atoms with Crippen molar-refractivity contribution in [2.75, 3.05) is 5.73 Å². The van der Waals surface area contributed by atoms with E-state index in [1.807, 2.05) is 25.1 Å². The number of aromatic amines is 1. The van der Waals surface area contributed by atoms with Crippen molar-refractivity contribution in [1.29, 1.82) is 0 Å². The monoisotopic (exact) mass is 573 g/mol. The number of nitrogens with one attached hydrogen (secondary N) is 2. The normalized spacial score (nSPS) is 11.6. The molecule has 6 aromatic rings. The third-order valence-corrected chi connectivity index (χ3v) is 7.13. The van der Waals surface area contributed by atoms with E-state index in [2.05, 4.69) is 42.3 Å². The van der Waals surface area contributed by atoms with E-state index in [0.717, 1.165) is 11.3 Å². The molecule has 6 rings (SSSR count). The highest BCUT2D eigenvalue weighted by Crippen LogP contribution is 2.22. The van der Waals surface area contributed by atoms with Crippen molar-refractivity contribution in [2.45, 2.75) is 19.9 Å². The van der Waals surface area contributed by atoms with E-state index in [9.17, 15) is 9.59 Å². The Morgan fingerprint density at radius 3 is 2.57 bits per heavy atom. The van der Waals surface area contributed by atoms with Crippen LogP contribution in [0.3, 0.4) is 0 Å². The summed E-state index contributed by atoms with van der Waals surface area (Å²) in [6.07, 6.45) is 3.11. The number of carbonyl (C=O) groups excluding carboxylic acids is 1. The fourth-order valence-electron chi connectivity index (χ4n) is 4.44. The predicted octanol–water partition coefficient (Wildman–Crippen LogP) is 3.80. The molecule has 4 aromatic heterocycles. The third-order valence-electron chi connectivity index (χ3n) is 6.55. The molecule has 4 N–H and O–H groups in total. The second-order valence-electron chi connectivity index (χ2n) is 9.36. The molecule has 1 amide bonds. The molecule has 0 spiro atoms. The third kappa shape index (κ3) is 5.00. The van der Waals surface area contributed by atoms with Crippen LogP contribution >= 0.6 is 11.3 Å². The fourth-order valence-corrected chi connectivity index (χ4v) is 4.98. The number of nitrogen functional groups attached to an aromatic ring is 1. The van der Waals surface area contributed by atoms with Gasteiger partial charge in [-0.1, -0.05) is 36.1 Å². The summed E-state index contributed by atoms with van der Waals surface area (Å²) in [6, 6.07) is 13.7. The molecule has 2 aromatic carbocycles. The molecule has 4 heterocycles. The zero-order valence-electron chi connectivity index (χ0n) is 22.5. The molecule has 0 aliphatic rings. The Morgan fingerprint density at radius 1 is 1.02 bits per heavy atom. The molecule has 206 valence electrons. The second kappa shape index (κ2) is 11.1. The Morgan fingerprint density at radius 2 is 1.83 bits per heavy atom. The number of hydrogen-bond acceptors (Lipinski definition) is 9. The highest BCUT2D eigenvalue weighted by molar-refractivity contribution is 7.07. The van der Waals surface area contributed by atoms with Gasteiger partial charge in [-0.3, -0.25) is 19.3 Å². The van der Waals surface area contributed by atoms with E-state index in [1.54, 1.807) is 54.3 Å². The van der Waals surface area contributed by atoms with Gasteiger partial charge in [-0.05, 0) is 38.1 Å². The first-order chi connectivity index (χ1) is 20.4. The average molecular weight is 574 g/mol. The van der Waals surface area contributed by atoms with Crippen molar-refractivity contribution in [3.05, 3.63) is 111 Å². The number of nitrogens with zero attached hydrogens (tertiary/aromatic N) is 6. The summed E-state index contributed by atoms with van der Waals surface area (Å²) in [5.74, 6) is 5.93. The van der Waals surface area contributed by atoms with Gasteiger partial charge in [0.25, 0.3) is 11.5 Å². The molecule has 0 saturated carbocycles. The summed E-state index contributed by atoms with van der Waals surface area (Å²) in [6.45, 7) is 3.62. The summed E-state index contributed by atoms with van der Waals surface area (Å²) in [7, 11) is 0. The van der Waals surface area contributed by atoms with Gasteiger partial charge >= 0.3 is 0 Å². The van der Waals surface area contributed by atoms with Crippen LogP contribution in [0.5, 0.6) is 0 Å². The minimum atomic E-state index is -0.720. The number of H-pyrrole nitrogens is 1. The molecule has 0 bridgehead atoms. The smallest absolute Gasteiger partial charge is 0.274 e. The van der Waals surface area contributed by atoms with Crippen molar-refractivity contribution in [1.82, 2.24) is 40.0 Å². The maximum absolute atomic E-state index is 14.2. The van der Waals surface area contributed by atoms with Crippen LogP contribution in [0.4, 0.5) is 5.82 Å². The number of nitrogens with two attached hydrogens (primary N) is 1. The zero-order chi connectivity index (χ0) is 29.2. The van der Waals surface area contributed by atoms with E-state index in [4.69, 9.17) is 10.7 Å². The second-order valence-corrected chi connectivity index (χ2v) is 10.1. The minimum Gasteiger partial charge on any atom is -0.382 e. The molecule has 1 atom stereocenters. The Hall–Kier alpha value is -5.67. The minimum absolute atomic E-state index is 0.0262. The maximum Gasteiger partial charge on any atom is 0.274 e. The van der Waals surface area contributed by atoms with E-state index in [0.29, 0.717) is 39.4 Å². The molecule has 42 heavy (non-hydrogen) atoms. The first-order valence-electron chi connectivity index (χ1n) is 12.9. The lowest BCUT2D eigenvalue weighted by Gasteiger charge is -2.20. The Labute approximate surface area is 243 Å². The molecule has 0 fully saturated rings. The van der Waals surface area contributed by atoms with Crippen LogP contribution in [-0.4, -0.2) is 40.6 Å². The SMILES string of the molecule is Cc1[nH]ncc1C#Cc1cccc2nc([C@H](C)NC(=O)c3nc(-c4cscn4)cnc3N)n(-c3ccccc3)c(=O)c12. The quantitative estimate of drug-likeness (QED) is 0.263. The summed E-state index contributed by atoms with van der Waals surface area (Å²) < 4.78 is 1.49. The Kier molecular flexibility index (Phi) is 7.00. The van der Waals surface area contributed by atoms with Crippen LogP contribution < -0.4 is 16.6 Å². The van der Waals surface area contributed by atoms with Gasteiger partial charge in [-0.2, -0.15) is 5.10 Å². The first kappa shape index (κ1) is 26.5. The Balaban J connectivity index is 1.44. The highest BCUT2D eigenvalue weighted by Gasteiger charge is 2.23. The lowest BCUT2D eigenvalue weighted by molar-refractivity contribution is 0.0933. The number of benzene rings is 2. The molecular formula is C30H23N9O2S. The van der Waals surface area contributed by atoms with Crippen LogP contribution in [0, 0.1) is 18.8 Å². The van der Waals surface area contributed by atoms with Gasteiger partial charge < -0.3 is 11.1 Å². The van der Waals surface area contributed by atoms with Crippen LogP contribution in [0.2, 0.25) is 0 Å². The van der Waals surface area contributed by atoms with E-state index in [1.165, 1.54) is 22.1 Å². The number of fused-ring (bicyclic) bond motifs is 1. The molecule has 0 radical (unpaired) electrons. The maximum atomic E-state index is 14.2. The van der Waals surface area contributed by atoms with Gasteiger partial charge in [0.1, 0.15) is 17.2 Å². The number of aromatic nitrogens is 7. The van der Waals surface area contributed by atoms with Crippen molar-refractivity contribution in [3.63, 3.8) is 0 Å². The lowest BCUT2D eigenvalue weighted by atomic mass is 10.1. The van der Waals surface area contributed by atoms with Crippen LogP contribution in [-0.2, 0) is 0 Å². The largest absolute Gasteiger partial charge is 0.382 e. The number of hydrogen-bond donors (Lipinski definition) is 3. The topological polar surface area (TPSA) is 157 Å². The number of rotatable bonds is 5. The standard InChI is InChI=1S/C30H23N9O2S/c1-17-20(13-34-38-17)12-11-19-7-6-10-22-25(19)30(41)39(21-8-4-3-5-9-21)28(37-22)18(2)35-29(40)26-27(31)32-14-23(36-26)24-15-42-16-33-24/h3-10,13-16,18H,1-2H3,(H2,31,32)(H,34,38)(H,35,40)/t18-/m0/s1. The average Bonchev–Trinajstić information content (AvgIpc) is 3.68. The van der Waals surface area contributed by atoms with Crippen molar-refractivity contribution < 1.29 is 4.79 Å². The highest BCUT2D eigenvalue weighted by atomic mass is 32.1. The molecule has 11 nitrogen and oxygen atoms in total. The van der Waals surface area contributed by atoms with Gasteiger partial charge in [-0.15, -0.1) is 11.3 Å². The fraction of sp³-hybridized carbons (Fsp3) is 0.100. The van der Waals surface area contributed by atoms with Crippen molar-refractivity contribution in [3.8, 4) is 28.9 Å². The van der Waals surface area contributed by atoms with Crippen molar-refractivity contribution >= 4 is 34.0 Å². The van der Waals surface area contributed by atoms with Gasteiger partial charge in [0.2, 0.25) is 0 Å². The van der Waals surface area contributed by atoms with E-state index in [-0.39, 0.29) is 17.1 Å². The summed E-state index contributed by atoms with van der Waals surface area (Å²) >= 11 is 1.40. The van der Waals surface area contributed by atoms with E-state index >= 15 is 0 Å². The number of amides is 1. The number of anilines is 1. The van der Waals surface area contributed by atoms with Gasteiger partial charge in [0.05, 0.1) is 46.1 Å². The van der Waals surface area contributed by atoms with Gasteiger partial charge in [-0.25, -0.2) is 19.9 Å². The summed E-state index contributed by atoms with van der Waals surface area (Å²) in [4.78, 5) is 45.2. The number of thiazole rings is 1. The van der Waals surface area contributed by atoms with Crippen LogP contribution in [0.1, 0.15) is 46.1 Å². The van der Waals surface area contributed by atoms with Crippen LogP contribution in [0.15, 0.2) is 76.6 Å². The number of carbonyl (C=O) groups is 1. The van der Waals surface area contributed by atoms with E-state index < -0.39 is 11.9 Å². The lowest BCUT2D eigenvalue weighted by Crippen LogP contribution is -2.34. The van der Waals surface area contributed by atoms with Gasteiger partial charge in [0, 0.05) is 16.6 Å². The first-order valence-corrected chi connectivity index (χ1v) is 13.8. The Bertz CT molecular complexity index is 2060. The molecule has 0 saturated heterocycles. The molecule has 0 aliphatic carbocycles. The number of aryl methyl sites for hydroxylation is 1. The predicted molar refractivity (Wildman–Crippen MR) is 160 cm³/mol. The summed E-state index contributed by atoms with van der Waals surface area (Å²) in [5.41, 5.74) is 11.5. The van der Waals surface area contributed by atoms with Gasteiger partial charge in [0.15, 0.2) is 11.5 Å². The molecular weight excluding hydrogens is 550 g/mol.